The Morgan fingerprint density at radius 2 is 2.00 bits per heavy atom. The average molecular weight is 347 g/mol. The normalized spacial score (nSPS) is 14.5. The molecule has 2 atom stereocenters. The van der Waals surface area contributed by atoms with Gasteiger partial charge in [0.25, 0.3) is 0 Å². The van der Waals surface area contributed by atoms with Crippen molar-refractivity contribution in [1.29, 1.82) is 0 Å². The summed E-state index contributed by atoms with van der Waals surface area (Å²) in [7, 11) is 0. The van der Waals surface area contributed by atoms with Gasteiger partial charge in [-0.3, -0.25) is 14.6 Å². The Balaban J connectivity index is 2.28. The van der Waals surface area contributed by atoms with Crippen LogP contribution in [0.3, 0.4) is 0 Å². The van der Waals surface area contributed by atoms with Gasteiger partial charge in [0.1, 0.15) is 0 Å². The zero-order valence-corrected chi connectivity index (χ0v) is 14.2. The highest BCUT2D eigenvalue weighted by molar-refractivity contribution is 6.31. The number of hydrogen-bond donors (Lipinski definition) is 2. The first-order valence-corrected chi connectivity index (χ1v) is 7.90. The zero-order chi connectivity index (χ0) is 17.7. The lowest BCUT2D eigenvalue weighted by atomic mass is 9.88. The van der Waals surface area contributed by atoms with Crippen molar-refractivity contribution in [3.8, 4) is 0 Å². The first-order valence-electron chi connectivity index (χ1n) is 7.52. The van der Waals surface area contributed by atoms with E-state index < -0.39 is 17.4 Å². The molecular formula is C18H19ClN2O3. The minimum absolute atomic E-state index is 0.250. The highest BCUT2D eigenvalue weighted by Gasteiger charge is 2.33. The van der Waals surface area contributed by atoms with Crippen molar-refractivity contribution in [2.45, 2.75) is 31.7 Å². The van der Waals surface area contributed by atoms with Crippen LogP contribution in [0.25, 0.3) is 0 Å². The van der Waals surface area contributed by atoms with E-state index in [4.69, 9.17) is 11.6 Å². The van der Waals surface area contributed by atoms with E-state index in [0.717, 1.165) is 0 Å². The summed E-state index contributed by atoms with van der Waals surface area (Å²) in [4.78, 5) is 28.0. The summed E-state index contributed by atoms with van der Waals surface area (Å²) in [5, 5.41) is 12.6. The number of benzene rings is 1. The molecule has 1 aromatic heterocycles. The lowest BCUT2D eigenvalue weighted by molar-refractivity contribution is -0.139. The second-order valence-electron chi connectivity index (χ2n) is 5.88. The van der Waals surface area contributed by atoms with Gasteiger partial charge in [-0.1, -0.05) is 35.9 Å². The van der Waals surface area contributed by atoms with E-state index in [-0.39, 0.29) is 12.3 Å². The summed E-state index contributed by atoms with van der Waals surface area (Å²) < 4.78 is 0. The van der Waals surface area contributed by atoms with Gasteiger partial charge in [0.05, 0.1) is 17.9 Å². The van der Waals surface area contributed by atoms with Crippen LogP contribution in [0.1, 0.15) is 37.3 Å². The van der Waals surface area contributed by atoms with Gasteiger partial charge in [-0.15, -0.1) is 0 Å². The molecule has 6 heteroatoms. The number of hydrogen-bond acceptors (Lipinski definition) is 3. The van der Waals surface area contributed by atoms with Gasteiger partial charge in [-0.05, 0) is 37.1 Å². The molecular weight excluding hydrogens is 328 g/mol. The van der Waals surface area contributed by atoms with Crippen LogP contribution in [-0.4, -0.2) is 22.0 Å². The minimum atomic E-state index is -1.06. The van der Waals surface area contributed by atoms with Crippen molar-refractivity contribution >= 4 is 23.5 Å². The average Bonchev–Trinajstić information content (AvgIpc) is 2.54. The Hall–Kier alpha value is -2.40. The molecule has 5 nitrogen and oxygen atoms in total. The van der Waals surface area contributed by atoms with Crippen molar-refractivity contribution < 1.29 is 14.7 Å². The summed E-state index contributed by atoms with van der Waals surface area (Å²) in [6, 6.07) is 10.6. The molecule has 0 radical (unpaired) electrons. The lowest BCUT2D eigenvalue weighted by Crippen LogP contribution is -2.46. The van der Waals surface area contributed by atoms with Crippen molar-refractivity contribution in [3.05, 3.63) is 64.9 Å². The van der Waals surface area contributed by atoms with Gasteiger partial charge in [-0.2, -0.15) is 0 Å². The number of nitrogens with zero attached hydrogens (tertiary/aromatic N) is 1. The summed E-state index contributed by atoms with van der Waals surface area (Å²) in [5.74, 6) is -1.81. The number of aliphatic carboxylic acids is 1. The molecule has 0 aliphatic carbocycles. The van der Waals surface area contributed by atoms with Crippen molar-refractivity contribution in [1.82, 2.24) is 10.3 Å². The monoisotopic (exact) mass is 346 g/mol. The van der Waals surface area contributed by atoms with Crippen molar-refractivity contribution in [2.24, 2.45) is 0 Å². The third-order valence-corrected chi connectivity index (χ3v) is 4.31. The molecule has 1 amide bonds. The predicted molar refractivity (Wildman–Crippen MR) is 91.9 cm³/mol. The highest BCUT2D eigenvalue weighted by atomic mass is 35.5. The molecule has 1 aromatic carbocycles. The number of halogens is 1. The summed E-state index contributed by atoms with van der Waals surface area (Å²) in [5.41, 5.74) is 0.264. The van der Waals surface area contributed by atoms with Crippen LogP contribution in [0.4, 0.5) is 0 Å². The van der Waals surface area contributed by atoms with Gasteiger partial charge in [0.2, 0.25) is 5.91 Å². The Morgan fingerprint density at radius 1 is 1.29 bits per heavy atom. The molecule has 0 saturated carbocycles. The van der Waals surface area contributed by atoms with E-state index in [1.54, 1.807) is 56.6 Å². The number of nitrogens with one attached hydrogen (secondary N) is 1. The second-order valence-corrected chi connectivity index (χ2v) is 6.28. The summed E-state index contributed by atoms with van der Waals surface area (Å²) in [6.07, 6.45) is 2.90. The number of rotatable bonds is 6. The number of amides is 1. The van der Waals surface area contributed by atoms with Crippen LogP contribution in [0, 0.1) is 0 Å². The quantitative estimate of drug-likeness (QED) is 0.840. The van der Waals surface area contributed by atoms with E-state index in [9.17, 15) is 14.7 Å². The molecule has 0 spiro atoms. The largest absolute Gasteiger partial charge is 0.481 e. The lowest BCUT2D eigenvalue weighted by Gasteiger charge is -2.31. The van der Waals surface area contributed by atoms with Crippen molar-refractivity contribution in [2.75, 3.05) is 0 Å². The molecule has 126 valence electrons. The van der Waals surface area contributed by atoms with Gasteiger partial charge in [0, 0.05) is 17.4 Å². The smallest absolute Gasteiger partial charge is 0.306 e. The standard InChI is InChI=1S/C18H19ClN2O3/c1-12(14-7-3-4-8-15(14)19)17(24)21-18(2,10-16(22)23)13-6-5-9-20-11-13/h3-9,11-12H,10H2,1-2H3,(H,21,24)(H,22,23). The van der Waals surface area contributed by atoms with Crippen LogP contribution in [0.5, 0.6) is 0 Å². The van der Waals surface area contributed by atoms with Crippen LogP contribution in [0.2, 0.25) is 5.02 Å². The van der Waals surface area contributed by atoms with E-state index >= 15 is 0 Å². The molecule has 0 bridgehead atoms. The Labute approximate surface area is 145 Å². The topological polar surface area (TPSA) is 79.3 Å². The number of carboxylic acid groups (broad SMARTS) is 1. The van der Waals surface area contributed by atoms with Crippen LogP contribution in [0.15, 0.2) is 48.8 Å². The minimum Gasteiger partial charge on any atom is -0.481 e. The van der Waals surface area contributed by atoms with E-state index in [1.165, 1.54) is 0 Å². The molecule has 2 unspecified atom stereocenters. The molecule has 2 N–H and O–H groups in total. The van der Waals surface area contributed by atoms with Crippen molar-refractivity contribution in [3.63, 3.8) is 0 Å². The fourth-order valence-corrected chi connectivity index (χ4v) is 2.86. The van der Waals surface area contributed by atoms with Gasteiger partial charge in [-0.25, -0.2) is 0 Å². The fraction of sp³-hybridized carbons (Fsp3) is 0.278. The molecule has 2 aromatic rings. The molecule has 24 heavy (non-hydrogen) atoms. The number of carboxylic acids is 1. The van der Waals surface area contributed by atoms with Crippen LogP contribution in [-0.2, 0) is 15.1 Å². The van der Waals surface area contributed by atoms with Gasteiger partial charge < -0.3 is 10.4 Å². The maximum Gasteiger partial charge on any atom is 0.306 e. The number of aromatic nitrogens is 1. The molecule has 2 rings (SSSR count). The third-order valence-electron chi connectivity index (χ3n) is 3.97. The number of carbonyl (C=O) groups excluding carboxylic acids is 1. The van der Waals surface area contributed by atoms with E-state index in [1.807, 2.05) is 6.07 Å². The molecule has 0 saturated heterocycles. The molecule has 0 aliphatic rings. The first kappa shape index (κ1) is 17.9. The maximum atomic E-state index is 12.7. The van der Waals surface area contributed by atoms with Gasteiger partial charge >= 0.3 is 5.97 Å². The molecule has 0 fully saturated rings. The van der Waals surface area contributed by atoms with Crippen LogP contribution >= 0.6 is 11.6 Å². The zero-order valence-electron chi connectivity index (χ0n) is 13.5. The van der Waals surface area contributed by atoms with Crippen LogP contribution < -0.4 is 5.32 Å². The molecule has 1 heterocycles. The maximum absolute atomic E-state index is 12.7. The van der Waals surface area contributed by atoms with E-state index in [0.29, 0.717) is 16.1 Å². The summed E-state index contributed by atoms with van der Waals surface area (Å²) >= 11 is 6.15. The Morgan fingerprint density at radius 3 is 2.58 bits per heavy atom. The third kappa shape index (κ3) is 4.11. The fourth-order valence-electron chi connectivity index (χ4n) is 2.56. The second kappa shape index (κ2) is 7.45. The Kier molecular flexibility index (Phi) is 5.57. The SMILES string of the molecule is CC(C(=O)NC(C)(CC(=O)O)c1cccnc1)c1ccccc1Cl. The first-order chi connectivity index (χ1) is 11.3. The van der Waals surface area contributed by atoms with E-state index in [2.05, 4.69) is 10.3 Å². The number of carbonyl (C=O) groups is 2. The predicted octanol–water partition coefficient (Wildman–Crippen LogP) is 3.34. The highest BCUT2D eigenvalue weighted by Crippen LogP contribution is 2.28. The molecule has 0 aliphatic heterocycles. The number of pyridine rings is 1. The Bertz CT molecular complexity index is 736. The van der Waals surface area contributed by atoms with Gasteiger partial charge in [0.15, 0.2) is 0 Å². The summed E-state index contributed by atoms with van der Waals surface area (Å²) in [6.45, 7) is 3.41.